The largest absolute Gasteiger partial charge is 0.377 e. The second-order valence-corrected chi connectivity index (χ2v) is 3.20. The monoisotopic (exact) mass is 185 g/mol. The van der Waals surface area contributed by atoms with E-state index in [0.717, 1.165) is 31.6 Å². The van der Waals surface area contributed by atoms with Crippen LogP contribution < -0.4 is 5.32 Å². The van der Waals surface area contributed by atoms with Crippen molar-refractivity contribution in [2.45, 2.75) is 26.7 Å². The van der Waals surface area contributed by atoms with Crippen molar-refractivity contribution < 1.29 is 9.53 Å². The first-order valence-corrected chi connectivity index (χ1v) is 4.59. The Morgan fingerprint density at radius 2 is 2.08 bits per heavy atom. The molecule has 3 nitrogen and oxygen atoms in total. The Morgan fingerprint density at radius 1 is 1.38 bits per heavy atom. The van der Waals surface area contributed by atoms with E-state index in [2.05, 4.69) is 11.9 Å². The van der Waals surface area contributed by atoms with Crippen molar-refractivity contribution in [2.24, 2.45) is 0 Å². The lowest BCUT2D eigenvalue weighted by atomic mass is 10.3. The summed E-state index contributed by atoms with van der Waals surface area (Å²) in [5.41, 5.74) is 1.04. The number of carbonyl (C=O) groups excluding carboxylic acids is 1. The molecular formula is C10H19NO2. The summed E-state index contributed by atoms with van der Waals surface area (Å²) in [4.78, 5) is 10.5. The van der Waals surface area contributed by atoms with Crippen LogP contribution in [0.5, 0.6) is 0 Å². The summed E-state index contributed by atoms with van der Waals surface area (Å²) < 4.78 is 5.29. The Morgan fingerprint density at radius 3 is 2.62 bits per heavy atom. The van der Waals surface area contributed by atoms with E-state index in [0.29, 0.717) is 6.61 Å². The number of nitrogens with one attached hydrogen (secondary N) is 1. The second kappa shape index (κ2) is 7.80. The number of carbonyl (C=O) groups is 1. The zero-order valence-electron chi connectivity index (χ0n) is 8.56. The molecule has 0 aliphatic heterocycles. The lowest BCUT2D eigenvalue weighted by Crippen LogP contribution is -2.21. The molecule has 0 aromatic rings. The molecule has 0 spiro atoms. The van der Waals surface area contributed by atoms with Crippen molar-refractivity contribution >= 4 is 5.91 Å². The number of hydrogen-bond acceptors (Lipinski definition) is 2. The minimum absolute atomic E-state index is 0.0304. The van der Waals surface area contributed by atoms with E-state index in [1.54, 1.807) is 0 Å². The highest BCUT2D eigenvalue weighted by Gasteiger charge is 1.92. The SMILES string of the molecule is C=C(C)COCCCCNC(C)=O. The fourth-order valence-corrected chi connectivity index (χ4v) is 0.840. The first-order valence-electron chi connectivity index (χ1n) is 4.59. The maximum atomic E-state index is 10.5. The Hall–Kier alpha value is -0.830. The van der Waals surface area contributed by atoms with Gasteiger partial charge in [-0.3, -0.25) is 4.79 Å². The van der Waals surface area contributed by atoms with Gasteiger partial charge in [0.1, 0.15) is 0 Å². The van der Waals surface area contributed by atoms with E-state index >= 15 is 0 Å². The molecule has 0 saturated carbocycles. The van der Waals surface area contributed by atoms with Gasteiger partial charge in [-0.25, -0.2) is 0 Å². The van der Waals surface area contributed by atoms with Gasteiger partial charge in [-0.2, -0.15) is 0 Å². The molecule has 76 valence electrons. The molecule has 0 saturated heterocycles. The van der Waals surface area contributed by atoms with Gasteiger partial charge < -0.3 is 10.1 Å². The van der Waals surface area contributed by atoms with E-state index in [9.17, 15) is 4.79 Å². The number of amides is 1. The molecule has 0 atom stereocenters. The highest BCUT2D eigenvalue weighted by Crippen LogP contribution is 1.92. The van der Waals surface area contributed by atoms with Gasteiger partial charge in [0.25, 0.3) is 0 Å². The van der Waals surface area contributed by atoms with Crippen LogP contribution >= 0.6 is 0 Å². The van der Waals surface area contributed by atoms with Gasteiger partial charge in [-0.15, -0.1) is 0 Å². The van der Waals surface area contributed by atoms with Crippen LogP contribution in [-0.2, 0) is 9.53 Å². The highest BCUT2D eigenvalue weighted by atomic mass is 16.5. The predicted octanol–water partition coefficient (Wildman–Crippen LogP) is 1.50. The second-order valence-electron chi connectivity index (χ2n) is 3.20. The van der Waals surface area contributed by atoms with Crippen LogP contribution in [0.25, 0.3) is 0 Å². The van der Waals surface area contributed by atoms with Crippen molar-refractivity contribution in [3.05, 3.63) is 12.2 Å². The van der Waals surface area contributed by atoms with E-state index in [1.165, 1.54) is 6.92 Å². The van der Waals surface area contributed by atoms with Crippen molar-refractivity contribution in [1.29, 1.82) is 0 Å². The molecule has 0 radical (unpaired) electrons. The minimum Gasteiger partial charge on any atom is -0.377 e. The van der Waals surface area contributed by atoms with Crippen LogP contribution in [0.4, 0.5) is 0 Å². The van der Waals surface area contributed by atoms with E-state index in [-0.39, 0.29) is 5.91 Å². The summed E-state index contributed by atoms with van der Waals surface area (Å²) in [6, 6.07) is 0. The smallest absolute Gasteiger partial charge is 0.216 e. The highest BCUT2D eigenvalue weighted by molar-refractivity contribution is 5.72. The molecule has 0 aliphatic rings. The topological polar surface area (TPSA) is 38.3 Å². The summed E-state index contributed by atoms with van der Waals surface area (Å²) >= 11 is 0. The van der Waals surface area contributed by atoms with Gasteiger partial charge in [0.2, 0.25) is 5.91 Å². The third-order valence-corrected chi connectivity index (χ3v) is 1.44. The summed E-state index contributed by atoms with van der Waals surface area (Å²) in [5, 5.41) is 2.73. The fourth-order valence-electron chi connectivity index (χ4n) is 0.840. The average Bonchev–Trinajstić information content (AvgIpc) is 2.01. The average molecular weight is 185 g/mol. The summed E-state index contributed by atoms with van der Waals surface area (Å²) in [6.45, 7) is 9.32. The Balaban J connectivity index is 3.00. The third-order valence-electron chi connectivity index (χ3n) is 1.44. The van der Waals surface area contributed by atoms with E-state index in [1.807, 2.05) is 6.92 Å². The summed E-state index contributed by atoms with van der Waals surface area (Å²) in [6.07, 6.45) is 1.95. The molecule has 0 heterocycles. The van der Waals surface area contributed by atoms with Crippen molar-refractivity contribution in [1.82, 2.24) is 5.32 Å². The molecule has 0 unspecified atom stereocenters. The molecule has 0 rings (SSSR count). The van der Waals surface area contributed by atoms with Crippen molar-refractivity contribution in [3.8, 4) is 0 Å². The molecule has 3 heteroatoms. The predicted molar refractivity (Wildman–Crippen MR) is 53.6 cm³/mol. The normalized spacial score (nSPS) is 9.69. The first-order chi connectivity index (χ1) is 6.13. The summed E-state index contributed by atoms with van der Waals surface area (Å²) in [5.74, 6) is 0.0304. The standard InChI is InChI=1S/C10H19NO2/c1-9(2)8-13-7-5-4-6-11-10(3)12/h1,4-8H2,2-3H3,(H,11,12). The lowest BCUT2D eigenvalue weighted by Gasteiger charge is -2.03. The van der Waals surface area contributed by atoms with Gasteiger partial charge in [0, 0.05) is 20.1 Å². The van der Waals surface area contributed by atoms with E-state index < -0.39 is 0 Å². The first kappa shape index (κ1) is 12.2. The molecule has 0 aliphatic carbocycles. The van der Waals surface area contributed by atoms with Crippen molar-refractivity contribution in [3.63, 3.8) is 0 Å². The Bertz CT molecular complexity index is 148. The van der Waals surface area contributed by atoms with Gasteiger partial charge in [-0.05, 0) is 19.8 Å². The van der Waals surface area contributed by atoms with Gasteiger partial charge in [-0.1, -0.05) is 12.2 Å². The molecular weight excluding hydrogens is 166 g/mol. The van der Waals surface area contributed by atoms with Gasteiger partial charge in [0.15, 0.2) is 0 Å². The molecule has 1 N–H and O–H groups in total. The maximum Gasteiger partial charge on any atom is 0.216 e. The van der Waals surface area contributed by atoms with Crippen LogP contribution in [0, 0.1) is 0 Å². The van der Waals surface area contributed by atoms with Gasteiger partial charge in [0.05, 0.1) is 6.61 Å². The van der Waals surface area contributed by atoms with Crippen LogP contribution in [0.2, 0.25) is 0 Å². The van der Waals surface area contributed by atoms with Crippen molar-refractivity contribution in [2.75, 3.05) is 19.8 Å². The molecule has 0 fully saturated rings. The summed E-state index contributed by atoms with van der Waals surface area (Å²) in [7, 11) is 0. The molecule has 0 aromatic carbocycles. The molecule has 13 heavy (non-hydrogen) atoms. The maximum absolute atomic E-state index is 10.5. The number of rotatable bonds is 7. The Labute approximate surface area is 80.2 Å². The molecule has 1 amide bonds. The molecule has 0 aromatic heterocycles. The number of ether oxygens (including phenoxy) is 1. The number of hydrogen-bond donors (Lipinski definition) is 1. The minimum atomic E-state index is 0.0304. The van der Waals surface area contributed by atoms with Crippen LogP contribution in [0.15, 0.2) is 12.2 Å². The van der Waals surface area contributed by atoms with Crippen LogP contribution in [0.3, 0.4) is 0 Å². The van der Waals surface area contributed by atoms with Crippen LogP contribution in [-0.4, -0.2) is 25.7 Å². The van der Waals surface area contributed by atoms with E-state index in [4.69, 9.17) is 4.74 Å². The lowest BCUT2D eigenvalue weighted by molar-refractivity contribution is -0.118. The third kappa shape index (κ3) is 11.2. The number of unbranched alkanes of at least 4 members (excludes halogenated alkanes) is 1. The Kier molecular flexibility index (Phi) is 7.30. The zero-order valence-corrected chi connectivity index (χ0v) is 8.56. The molecule has 0 bridgehead atoms. The zero-order chi connectivity index (χ0) is 10.1. The fraction of sp³-hybridized carbons (Fsp3) is 0.700. The van der Waals surface area contributed by atoms with Crippen LogP contribution in [0.1, 0.15) is 26.7 Å². The quantitative estimate of drug-likeness (QED) is 0.482. The van der Waals surface area contributed by atoms with Gasteiger partial charge >= 0.3 is 0 Å².